The van der Waals surface area contributed by atoms with Crippen molar-refractivity contribution in [2.45, 2.75) is 57.9 Å². The van der Waals surface area contributed by atoms with Crippen molar-refractivity contribution in [1.82, 2.24) is 4.90 Å². The molecule has 0 aromatic carbocycles. The maximum Gasteiger partial charge on any atom is 0.239 e. The number of amides is 1. The van der Waals surface area contributed by atoms with Gasteiger partial charge in [-0.2, -0.15) is 0 Å². The van der Waals surface area contributed by atoms with Crippen molar-refractivity contribution in [1.29, 1.82) is 0 Å². The van der Waals surface area contributed by atoms with Gasteiger partial charge in [-0.25, -0.2) is 0 Å². The van der Waals surface area contributed by atoms with Crippen LogP contribution >= 0.6 is 0 Å². The summed E-state index contributed by atoms with van der Waals surface area (Å²) in [5.41, 5.74) is 5.89. The first kappa shape index (κ1) is 13.5. The average molecular weight is 226 g/mol. The van der Waals surface area contributed by atoms with Crippen LogP contribution in [0.1, 0.15) is 51.9 Å². The van der Waals surface area contributed by atoms with Gasteiger partial charge in [0.25, 0.3) is 0 Å². The Balaban J connectivity index is 2.28. The van der Waals surface area contributed by atoms with Crippen molar-refractivity contribution in [2.24, 2.45) is 11.7 Å². The molecule has 0 saturated heterocycles. The van der Waals surface area contributed by atoms with Crippen molar-refractivity contribution in [3.63, 3.8) is 0 Å². The van der Waals surface area contributed by atoms with E-state index in [4.69, 9.17) is 5.73 Å². The Hall–Kier alpha value is -0.570. The first-order valence-electron chi connectivity index (χ1n) is 6.65. The topological polar surface area (TPSA) is 46.3 Å². The van der Waals surface area contributed by atoms with E-state index >= 15 is 0 Å². The quantitative estimate of drug-likeness (QED) is 0.754. The van der Waals surface area contributed by atoms with Gasteiger partial charge in [-0.15, -0.1) is 0 Å². The molecule has 0 aromatic rings. The second-order valence-electron chi connectivity index (χ2n) is 5.12. The summed E-state index contributed by atoms with van der Waals surface area (Å²) in [7, 11) is 1.90. The molecule has 0 radical (unpaired) electrons. The zero-order valence-corrected chi connectivity index (χ0v) is 10.7. The molecular formula is C13H26N2O. The van der Waals surface area contributed by atoms with Gasteiger partial charge in [-0.05, 0) is 25.2 Å². The smallest absolute Gasteiger partial charge is 0.239 e. The molecule has 1 aliphatic carbocycles. The average Bonchev–Trinajstić information content (AvgIpc) is 2.77. The predicted molar refractivity (Wildman–Crippen MR) is 67.1 cm³/mol. The molecule has 1 rings (SSSR count). The van der Waals surface area contributed by atoms with E-state index in [1.165, 1.54) is 25.7 Å². The monoisotopic (exact) mass is 226 g/mol. The van der Waals surface area contributed by atoms with Crippen LogP contribution in [0, 0.1) is 5.92 Å². The Bertz CT molecular complexity index is 212. The van der Waals surface area contributed by atoms with Crippen molar-refractivity contribution in [2.75, 3.05) is 13.6 Å². The van der Waals surface area contributed by atoms with E-state index in [2.05, 4.69) is 6.92 Å². The van der Waals surface area contributed by atoms with Crippen molar-refractivity contribution in [3.05, 3.63) is 0 Å². The van der Waals surface area contributed by atoms with Gasteiger partial charge < -0.3 is 10.6 Å². The lowest BCUT2D eigenvalue weighted by molar-refractivity contribution is -0.132. The van der Waals surface area contributed by atoms with Gasteiger partial charge in [0.05, 0.1) is 6.04 Å². The summed E-state index contributed by atoms with van der Waals surface area (Å²) in [4.78, 5) is 13.8. The lowest BCUT2D eigenvalue weighted by atomic mass is 10.1. The van der Waals surface area contributed by atoms with Gasteiger partial charge in [-0.3, -0.25) is 4.79 Å². The summed E-state index contributed by atoms with van der Waals surface area (Å²) in [5, 5.41) is 0. The highest BCUT2D eigenvalue weighted by Crippen LogP contribution is 2.25. The summed E-state index contributed by atoms with van der Waals surface area (Å²) in [5.74, 6) is 0.840. The normalized spacial score (nSPS) is 18.7. The molecule has 0 aliphatic heterocycles. The van der Waals surface area contributed by atoms with E-state index in [1.807, 2.05) is 11.9 Å². The molecule has 1 amide bonds. The number of carbonyl (C=O) groups excluding carboxylic acids is 1. The maximum atomic E-state index is 11.9. The number of nitrogens with two attached hydrogens (primary N) is 1. The first-order chi connectivity index (χ1) is 7.65. The molecule has 1 atom stereocenters. The molecule has 1 saturated carbocycles. The van der Waals surface area contributed by atoms with Gasteiger partial charge in [0.15, 0.2) is 0 Å². The summed E-state index contributed by atoms with van der Waals surface area (Å²) >= 11 is 0. The minimum atomic E-state index is -0.286. The van der Waals surface area contributed by atoms with Crippen LogP contribution in [-0.2, 0) is 4.79 Å². The number of hydrogen-bond donors (Lipinski definition) is 1. The van der Waals surface area contributed by atoms with Crippen LogP contribution in [0.2, 0.25) is 0 Å². The van der Waals surface area contributed by atoms with E-state index < -0.39 is 0 Å². The number of rotatable bonds is 6. The molecule has 0 aromatic heterocycles. The number of carbonyl (C=O) groups is 1. The third kappa shape index (κ3) is 4.12. The van der Waals surface area contributed by atoms with E-state index in [9.17, 15) is 4.79 Å². The number of hydrogen-bond acceptors (Lipinski definition) is 2. The second-order valence-corrected chi connectivity index (χ2v) is 5.12. The largest absolute Gasteiger partial charge is 0.344 e. The Kier molecular flexibility index (Phi) is 5.81. The highest BCUT2D eigenvalue weighted by molar-refractivity contribution is 5.81. The second kappa shape index (κ2) is 6.89. The predicted octanol–water partition coefficient (Wildman–Crippen LogP) is 2.15. The van der Waals surface area contributed by atoms with Crippen LogP contribution in [-0.4, -0.2) is 30.4 Å². The molecule has 1 unspecified atom stereocenters. The van der Waals surface area contributed by atoms with Gasteiger partial charge in [0.1, 0.15) is 0 Å². The van der Waals surface area contributed by atoms with E-state index in [0.29, 0.717) is 5.92 Å². The van der Waals surface area contributed by atoms with Crippen LogP contribution in [0.5, 0.6) is 0 Å². The standard InChI is InChI=1S/C13H26N2O/c1-3-4-9-12(14)13(16)15(2)10-11-7-5-6-8-11/h11-12H,3-10,14H2,1-2H3. The third-order valence-electron chi connectivity index (χ3n) is 3.57. The van der Waals surface area contributed by atoms with Crippen molar-refractivity contribution >= 4 is 5.91 Å². The van der Waals surface area contributed by atoms with Gasteiger partial charge in [-0.1, -0.05) is 32.6 Å². The number of nitrogens with zero attached hydrogens (tertiary/aromatic N) is 1. The van der Waals surface area contributed by atoms with Crippen LogP contribution in [0.4, 0.5) is 0 Å². The Morgan fingerprint density at radius 2 is 2.06 bits per heavy atom. The molecule has 0 bridgehead atoms. The summed E-state index contributed by atoms with van der Waals surface area (Å²) < 4.78 is 0. The molecule has 2 N–H and O–H groups in total. The molecule has 1 fully saturated rings. The lowest BCUT2D eigenvalue weighted by Crippen LogP contribution is -2.43. The Morgan fingerprint density at radius 1 is 1.44 bits per heavy atom. The molecule has 16 heavy (non-hydrogen) atoms. The molecule has 3 heteroatoms. The van der Waals surface area contributed by atoms with E-state index in [-0.39, 0.29) is 11.9 Å². The zero-order chi connectivity index (χ0) is 12.0. The SMILES string of the molecule is CCCCC(N)C(=O)N(C)CC1CCCC1. The third-order valence-corrected chi connectivity index (χ3v) is 3.57. The Morgan fingerprint density at radius 3 is 2.62 bits per heavy atom. The summed E-state index contributed by atoms with van der Waals surface area (Å²) in [6.07, 6.45) is 8.19. The molecule has 94 valence electrons. The number of unbranched alkanes of at least 4 members (excludes halogenated alkanes) is 1. The molecule has 1 aliphatic rings. The maximum absolute atomic E-state index is 11.9. The fourth-order valence-electron chi connectivity index (χ4n) is 2.50. The van der Waals surface area contributed by atoms with Crippen LogP contribution in [0.15, 0.2) is 0 Å². The molecule has 3 nitrogen and oxygen atoms in total. The number of likely N-dealkylation sites (N-methyl/N-ethyl adjacent to an activating group) is 1. The highest BCUT2D eigenvalue weighted by Gasteiger charge is 2.22. The lowest BCUT2D eigenvalue weighted by Gasteiger charge is -2.24. The first-order valence-corrected chi connectivity index (χ1v) is 6.65. The van der Waals surface area contributed by atoms with E-state index in [0.717, 1.165) is 25.8 Å². The van der Waals surface area contributed by atoms with Crippen LogP contribution in [0.25, 0.3) is 0 Å². The zero-order valence-electron chi connectivity index (χ0n) is 10.7. The fraction of sp³-hybridized carbons (Fsp3) is 0.923. The van der Waals surface area contributed by atoms with Gasteiger partial charge in [0.2, 0.25) is 5.91 Å². The fourth-order valence-corrected chi connectivity index (χ4v) is 2.50. The highest BCUT2D eigenvalue weighted by atomic mass is 16.2. The minimum Gasteiger partial charge on any atom is -0.344 e. The summed E-state index contributed by atoms with van der Waals surface area (Å²) in [6, 6.07) is -0.286. The van der Waals surface area contributed by atoms with Crippen molar-refractivity contribution in [3.8, 4) is 0 Å². The van der Waals surface area contributed by atoms with Crippen molar-refractivity contribution < 1.29 is 4.79 Å². The van der Waals surface area contributed by atoms with Crippen LogP contribution in [0.3, 0.4) is 0 Å². The molecule has 0 spiro atoms. The minimum absolute atomic E-state index is 0.125. The molecule has 0 heterocycles. The Labute approximate surface area is 99.4 Å². The van der Waals surface area contributed by atoms with Crippen LogP contribution < -0.4 is 5.73 Å². The van der Waals surface area contributed by atoms with Gasteiger partial charge >= 0.3 is 0 Å². The van der Waals surface area contributed by atoms with E-state index in [1.54, 1.807) is 0 Å². The molecular weight excluding hydrogens is 200 g/mol. The summed E-state index contributed by atoms with van der Waals surface area (Å²) in [6.45, 7) is 3.03. The van der Waals surface area contributed by atoms with Gasteiger partial charge in [0, 0.05) is 13.6 Å².